The van der Waals surface area contributed by atoms with Gasteiger partial charge in [0.1, 0.15) is 5.82 Å². The van der Waals surface area contributed by atoms with Crippen LogP contribution in [0.4, 0.5) is 4.39 Å². The third-order valence-corrected chi connectivity index (χ3v) is 4.72. The zero-order valence-electron chi connectivity index (χ0n) is 11.3. The molecule has 0 fully saturated rings. The average Bonchev–Trinajstić information content (AvgIpc) is 2.34. The lowest BCUT2D eigenvalue weighted by Gasteiger charge is -2.15. The van der Waals surface area contributed by atoms with Crippen LogP contribution >= 0.6 is 0 Å². The normalized spacial score (nSPS) is 13.5. The van der Waals surface area contributed by atoms with Gasteiger partial charge in [0.15, 0.2) is 0 Å². The van der Waals surface area contributed by atoms with Gasteiger partial charge in [-0.15, -0.1) is 0 Å². The van der Waals surface area contributed by atoms with Crippen LogP contribution in [0, 0.1) is 18.7 Å². The van der Waals surface area contributed by atoms with E-state index in [2.05, 4.69) is 4.72 Å². The van der Waals surface area contributed by atoms with Crippen LogP contribution in [0.15, 0.2) is 23.1 Å². The number of benzene rings is 1. The number of rotatable bonds is 7. The highest BCUT2D eigenvalue weighted by Crippen LogP contribution is 2.16. The Morgan fingerprint density at radius 2 is 2.11 bits per heavy atom. The van der Waals surface area contributed by atoms with Gasteiger partial charge in [0, 0.05) is 6.54 Å². The topological polar surface area (TPSA) is 72.2 Å². The monoisotopic (exact) mass is 288 g/mol. The molecule has 0 aliphatic rings. The molecule has 0 aromatic heterocycles. The van der Waals surface area contributed by atoms with E-state index in [-0.39, 0.29) is 10.8 Å². The predicted octanol–water partition coefficient (Wildman–Crippen LogP) is 1.79. The summed E-state index contributed by atoms with van der Waals surface area (Å²) in [5.74, 6) is -0.216. The minimum absolute atomic E-state index is 0.122. The fraction of sp³-hybridized carbons (Fsp3) is 0.538. The zero-order valence-corrected chi connectivity index (χ0v) is 12.1. The van der Waals surface area contributed by atoms with Gasteiger partial charge in [-0.1, -0.05) is 13.3 Å². The summed E-state index contributed by atoms with van der Waals surface area (Å²) < 4.78 is 39.8. The smallest absolute Gasteiger partial charge is 0.240 e. The second-order valence-electron chi connectivity index (χ2n) is 4.61. The van der Waals surface area contributed by atoms with Gasteiger partial charge < -0.3 is 5.73 Å². The third-order valence-electron chi connectivity index (χ3n) is 3.14. The molecule has 0 aliphatic carbocycles. The summed E-state index contributed by atoms with van der Waals surface area (Å²) in [4.78, 5) is 0.122. The van der Waals surface area contributed by atoms with Crippen LogP contribution in [0.2, 0.25) is 0 Å². The van der Waals surface area contributed by atoms with Crippen molar-refractivity contribution in [2.45, 2.75) is 31.6 Å². The Hall–Kier alpha value is -0.980. The van der Waals surface area contributed by atoms with E-state index in [1.807, 2.05) is 6.92 Å². The Kier molecular flexibility index (Phi) is 5.90. The molecule has 0 radical (unpaired) electrons. The quantitative estimate of drug-likeness (QED) is 0.803. The first-order valence-corrected chi connectivity index (χ1v) is 7.85. The number of nitrogens with two attached hydrogens (primary N) is 1. The van der Waals surface area contributed by atoms with Crippen LogP contribution < -0.4 is 10.5 Å². The minimum atomic E-state index is -3.59. The van der Waals surface area contributed by atoms with Crippen LogP contribution in [0.5, 0.6) is 0 Å². The molecule has 0 amide bonds. The van der Waals surface area contributed by atoms with Gasteiger partial charge in [0.2, 0.25) is 10.0 Å². The largest absolute Gasteiger partial charge is 0.330 e. The number of hydrogen-bond acceptors (Lipinski definition) is 3. The first-order valence-electron chi connectivity index (χ1n) is 6.36. The second kappa shape index (κ2) is 6.98. The maximum atomic E-state index is 13.0. The van der Waals surface area contributed by atoms with Gasteiger partial charge in [-0.25, -0.2) is 17.5 Å². The summed E-state index contributed by atoms with van der Waals surface area (Å²) in [6.45, 7) is 4.47. The Bertz CT molecular complexity index is 517. The van der Waals surface area contributed by atoms with Crippen LogP contribution in [0.25, 0.3) is 0 Å². The van der Waals surface area contributed by atoms with E-state index < -0.39 is 15.8 Å². The van der Waals surface area contributed by atoms with Gasteiger partial charge in [-0.05, 0) is 49.6 Å². The molecule has 0 heterocycles. The third kappa shape index (κ3) is 4.56. The molecular weight excluding hydrogens is 267 g/mol. The molecule has 108 valence electrons. The van der Waals surface area contributed by atoms with Crippen LogP contribution in [0.1, 0.15) is 25.3 Å². The summed E-state index contributed by atoms with van der Waals surface area (Å²) >= 11 is 0. The lowest BCUT2D eigenvalue weighted by molar-refractivity contribution is 0.466. The molecule has 0 aliphatic heterocycles. The van der Waals surface area contributed by atoms with Crippen molar-refractivity contribution in [3.63, 3.8) is 0 Å². The molecule has 1 atom stereocenters. The highest BCUT2D eigenvalue weighted by Gasteiger charge is 2.18. The van der Waals surface area contributed by atoms with Crippen LogP contribution in [-0.4, -0.2) is 21.5 Å². The highest BCUT2D eigenvalue weighted by molar-refractivity contribution is 7.89. The van der Waals surface area contributed by atoms with Crippen molar-refractivity contribution in [2.24, 2.45) is 11.7 Å². The van der Waals surface area contributed by atoms with E-state index in [1.54, 1.807) is 6.92 Å². The number of halogens is 1. The van der Waals surface area contributed by atoms with Gasteiger partial charge in [0.25, 0.3) is 0 Å². The molecule has 0 saturated heterocycles. The summed E-state index contributed by atoms with van der Waals surface area (Å²) in [6, 6.07) is 3.65. The maximum absolute atomic E-state index is 13.0. The van der Waals surface area contributed by atoms with Crippen molar-refractivity contribution < 1.29 is 12.8 Å². The van der Waals surface area contributed by atoms with E-state index in [0.29, 0.717) is 18.7 Å². The Morgan fingerprint density at radius 3 is 2.63 bits per heavy atom. The number of sulfonamides is 1. The van der Waals surface area contributed by atoms with Crippen molar-refractivity contribution in [2.75, 3.05) is 13.1 Å². The highest BCUT2D eigenvalue weighted by atomic mass is 32.2. The molecule has 0 saturated carbocycles. The van der Waals surface area contributed by atoms with Crippen molar-refractivity contribution in [1.82, 2.24) is 4.72 Å². The fourth-order valence-electron chi connectivity index (χ4n) is 1.91. The van der Waals surface area contributed by atoms with Gasteiger partial charge >= 0.3 is 0 Å². The minimum Gasteiger partial charge on any atom is -0.330 e. The summed E-state index contributed by atoms with van der Waals surface area (Å²) in [6.07, 6.45) is 1.64. The molecule has 6 heteroatoms. The van der Waals surface area contributed by atoms with E-state index in [1.165, 1.54) is 12.1 Å². The van der Waals surface area contributed by atoms with E-state index in [0.717, 1.165) is 18.9 Å². The molecule has 1 unspecified atom stereocenters. The summed E-state index contributed by atoms with van der Waals surface area (Å²) in [7, 11) is -3.59. The lowest BCUT2D eigenvalue weighted by Crippen LogP contribution is -2.30. The van der Waals surface area contributed by atoms with E-state index in [9.17, 15) is 12.8 Å². The Labute approximate surface area is 114 Å². The van der Waals surface area contributed by atoms with Crippen LogP contribution in [-0.2, 0) is 10.0 Å². The Balaban J connectivity index is 2.81. The number of hydrogen-bond donors (Lipinski definition) is 2. The fourth-order valence-corrected chi connectivity index (χ4v) is 3.25. The number of aryl methyl sites for hydroxylation is 1. The Morgan fingerprint density at radius 1 is 1.42 bits per heavy atom. The molecule has 0 spiro atoms. The molecular formula is C13H21FN2O2S. The number of nitrogens with one attached hydrogen (secondary N) is 1. The predicted molar refractivity (Wildman–Crippen MR) is 73.8 cm³/mol. The lowest BCUT2D eigenvalue weighted by atomic mass is 10.0. The first kappa shape index (κ1) is 16.1. The molecule has 19 heavy (non-hydrogen) atoms. The molecule has 4 nitrogen and oxygen atoms in total. The molecule has 1 aromatic carbocycles. The van der Waals surface area contributed by atoms with Crippen molar-refractivity contribution in [3.8, 4) is 0 Å². The first-order chi connectivity index (χ1) is 8.90. The van der Waals surface area contributed by atoms with Crippen molar-refractivity contribution in [1.29, 1.82) is 0 Å². The van der Waals surface area contributed by atoms with E-state index in [4.69, 9.17) is 5.73 Å². The van der Waals surface area contributed by atoms with Crippen molar-refractivity contribution >= 4 is 10.0 Å². The maximum Gasteiger partial charge on any atom is 0.240 e. The van der Waals surface area contributed by atoms with Gasteiger partial charge in [-0.2, -0.15) is 0 Å². The molecule has 3 N–H and O–H groups in total. The van der Waals surface area contributed by atoms with Gasteiger partial charge in [0.05, 0.1) is 4.90 Å². The van der Waals surface area contributed by atoms with E-state index >= 15 is 0 Å². The molecule has 1 aromatic rings. The summed E-state index contributed by atoms with van der Waals surface area (Å²) in [5.41, 5.74) is 5.88. The summed E-state index contributed by atoms with van der Waals surface area (Å²) in [5, 5.41) is 0. The average molecular weight is 288 g/mol. The van der Waals surface area contributed by atoms with Crippen LogP contribution in [0.3, 0.4) is 0 Å². The second-order valence-corrected chi connectivity index (χ2v) is 6.35. The SMILES string of the molecule is CCC(CCN)CNS(=O)(=O)c1ccc(F)cc1C. The van der Waals surface area contributed by atoms with Gasteiger partial charge in [-0.3, -0.25) is 0 Å². The zero-order chi connectivity index (χ0) is 14.5. The molecule has 1 rings (SSSR count). The molecule has 0 bridgehead atoms. The van der Waals surface area contributed by atoms with Crippen molar-refractivity contribution in [3.05, 3.63) is 29.6 Å². The standard InChI is InChI=1S/C13H21FN2O2S/c1-3-11(6-7-15)9-16-19(17,18)13-5-4-12(14)8-10(13)2/h4-5,8,11,16H,3,6-7,9,15H2,1-2H3.